The van der Waals surface area contributed by atoms with Crippen LogP contribution >= 0.6 is 22.7 Å². The largest absolute Gasteiger partial charge is 0.309 e. The molecule has 2 heterocycles. The molecule has 92 valence electrons. The highest BCUT2D eigenvalue weighted by atomic mass is 32.1. The number of hydrogen-bond acceptors (Lipinski definition) is 3. The van der Waals surface area contributed by atoms with Crippen LogP contribution in [0.15, 0.2) is 41.8 Å². The van der Waals surface area contributed by atoms with Crippen LogP contribution in [0.3, 0.4) is 0 Å². The van der Waals surface area contributed by atoms with Crippen LogP contribution < -0.4 is 5.32 Å². The van der Waals surface area contributed by atoms with Crippen LogP contribution in [-0.4, -0.2) is 7.05 Å². The van der Waals surface area contributed by atoms with Gasteiger partial charge in [0.25, 0.3) is 0 Å². The molecule has 1 aromatic carbocycles. The van der Waals surface area contributed by atoms with Gasteiger partial charge in [-0.2, -0.15) is 0 Å². The van der Waals surface area contributed by atoms with Crippen LogP contribution in [0.2, 0.25) is 0 Å². The Morgan fingerprint density at radius 1 is 1.06 bits per heavy atom. The lowest BCUT2D eigenvalue weighted by atomic mass is 10.0. The van der Waals surface area contributed by atoms with Crippen molar-refractivity contribution in [3.05, 3.63) is 57.8 Å². The van der Waals surface area contributed by atoms with Crippen LogP contribution in [0.4, 0.5) is 0 Å². The first-order chi connectivity index (χ1) is 8.78. The van der Waals surface area contributed by atoms with E-state index < -0.39 is 0 Å². The SMILES string of the molecule is CNC(c1ccc(C)cc1)c1cc2sccc2s1. The van der Waals surface area contributed by atoms with Gasteiger partial charge >= 0.3 is 0 Å². The first kappa shape index (κ1) is 11.9. The summed E-state index contributed by atoms with van der Waals surface area (Å²) in [6.07, 6.45) is 0. The molecule has 0 aliphatic carbocycles. The Hall–Kier alpha value is -1.16. The van der Waals surface area contributed by atoms with Crippen molar-refractivity contribution in [2.75, 3.05) is 7.05 Å². The van der Waals surface area contributed by atoms with Crippen molar-refractivity contribution in [3.8, 4) is 0 Å². The van der Waals surface area contributed by atoms with Gasteiger partial charge in [0.2, 0.25) is 0 Å². The lowest BCUT2D eigenvalue weighted by Gasteiger charge is -2.15. The number of fused-ring (bicyclic) bond motifs is 1. The molecule has 0 spiro atoms. The Balaban J connectivity index is 2.01. The van der Waals surface area contributed by atoms with Crippen molar-refractivity contribution in [2.45, 2.75) is 13.0 Å². The van der Waals surface area contributed by atoms with E-state index in [4.69, 9.17) is 0 Å². The van der Waals surface area contributed by atoms with E-state index in [-0.39, 0.29) is 0 Å². The van der Waals surface area contributed by atoms with Crippen LogP contribution in [0.5, 0.6) is 0 Å². The zero-order chi connectivity index (χ0) is 12.5. The van der Waals surface area contributed by atoms with Gasteiger partial charge in [-0.1, -0.05) is 29.8 Å². The van der Waals surface area contributed by atoms with Gasteiger partial charge in [-0.3, -0.25) is 0 Å². The molecule has 3 rings (SSSR count). The van der Waals surface area contributed by atoms with Crippen molar-refractivity contribution < 1.29 is 0 Å². The molecular formula is C15H15NS2. The van der Waals surface area contributed by atoms with E-state index in [1.54, 1.807) is 0 Å². The third kappa shape index (κ3) is 2.09. The predicted molar refractivity (Wildman–Crippen MR) is 81.8 cm³/mol. The molecule has 0 bridgehead atoms. The zero-order valence-electron chi connectivity index (χ0n) is 10.4. The normalized spacial score (nSPS) is 13.0. The fraction of sp³-hybridized carbons (Fsp3) is 0.200. The summed E-state index contributed by atoms with van der Waals surface area (Å²) < 4.78 is 2.78. The summed E-state index contributed by atoms with van der Waals surface area (Å²) >= 11 is 3.70. The van der Waals surface area contributed by atoms with E-state index >= 15 is 0 Å². The lowest BCUT2D eigenvalue weighted by Crippen LogP contribution is -2.16. The summed E-state index contributed by atoms with van der Waals surface area (Å²) in [7, 11) is 2.03. The van der Waals surface area contributed by atoms with Gasteiger partial charge in [-0.25, -0.2) is 0 Å². The molecule has 2 aromatic heterocycles. The summed E-state index contributed by atoms with van der Waals surface area (Å²) in [5, 5.41) is 5.58. The first-order valence-corrected chi connectivity index (χ1v) is 7.68. The summed E-state index contributed by atoms with van der Waals surface area (Å²) in [6, 6.07) is 13.6. The van der Waals surface area contributed by atoms with Crippen molar-refractivity contribution >= 4 is 32.1 Å². The smallest absolute Gasteiger partial charge is 0.0669 e. The van der Waals surface area contributed by atoms with Crippen LogP contribution in [-0.2, 0) is 0 Å². The summed E-state index contributed by atoms with van der Waals surface area (Å²) in [5.41, 5.74) is 2.64. The third-order valence-electron chi connectivity index (χ3n) is 3.14. The molecule has 0 aliphatic rings. The van der Waals surface area contributed by atoms with Crippen LogP contribution in [0.25, 0.3) is 9.40 Å². The third-order valence-corrected chi connectivity index (χ3v) is 5.30. The Kier molecular flexibility index (Phi) is 3.20. The minimum absolute atomic E-state index is 0.301. The summed E-state index contributed by atoms with van der Waals surface area (Å²) in [5.74, 6) is 0. The molecule has 0 saturated carbocycles. The molecule has 1 atom stereocenters. The number of thiophene rings is 2. The Morgan fingerprint density at radius 3 is 2.50 bits per heavy atom. The molecule has 0 saturated heterocycles. The number of nitrogens with one attached hydrogen (secondary N) is 1. The van der Waals surface area contributed by atoms with Gasteiger partial charge in [0.1, 0.15) is 0 Å². The maximum atomic E-state index is 3.42. The summed E-state index contributed by atoms with van der Waals surface area (Å²) in [6.45, 7) is 2.12. The van der Waals surface area contributed by atoms with Crippen molar-refractivity contribution in [1.29, 1.82) is 0 Å². The van der Waals surface area contributed by atoms with E-state index in [2.05, 4.69) is 54.0 Å². The highest BCUT2D eigenvalue weighted by Crippen LogP contribution is 2.35. The molecule has 1 nitrogen and oxygen atoms in total. The second kappa shape index (κ2) is 4.84. The van der Waals surface area contributed by atoms with Gasteiger partial charge < -0.3 is 5.32 Å². The fourth-order valence-corrected chi connectivity index (χ4v) is 4.42. The van der Waals surface area contributed by atoms with Gasteiger partial charge in [-0.05, 0) is 37.0 Å². The molecule has 0 radical (unpaired) electrons. The van der Waals surface area contributed by atoms with Crippen LogP contribution in [0.1, 0.15) is 22.0 Å². The van der Waals surface area contributed by atoms with Gasteiger partial charge in [0.15, 0.2) is 0 Å². The van der Waals surface area contributed by atoms with E-state index in [1.807, 2.05) is 29.7 Å². The number of aryl methyl sites for hydroxylation is 1. The Bertz CT molecular complexity index is 620. The minimum atomic E-state index is 0.301. The topological polar surface area (TPSA) is 12.0 Å². The van der Waals surface area contributed by atoms with Crippen LogP contribution in [0, 0.1) is 6.92 Å². The zero-order valence-corrected chi connectivity index (χ0v) is 12.1. The Labute approximate surface area is 115 Å². The van der Waals surface area contributed by atoms with Crippen molar-refractivity contribution in [3.63, 3.8) is 0 Å². The number of rotatable bonds is 3. The average Bonchev–Trinajstić information content (AvgIpc) is 2.93. The predicted octanol–water partition coefficient (Wildman–Crippen LogP) is 4.58. The molecule has 3 heteroatoms. The highest BCUT2D eigenvalue weighted by molar-refractivity contribution is 7.27. The molecule has 3 aromatic rings. The van der Waals surface area contributed by atoms with E-state index in [0.29, 0.717) is 6.04 Å². The quantitative estimate of drug-likeness (QED) is 0.736. The molecule has 0 amide bonds. The second-order valence-electron chi connectivity index (χ2n) is 4.43. The van der Waals surface area contributed by atoms with Crippen molar-refractivity contribution in [2.24, 2.45) is 0 Å². The second-order valence-corrected chi connectivity index (χ2v) is 6.49. The molecule has 18 heavy (non-hydrogen) atoms. The highest BCUT2D eigenvalue weighted by Gasteiger charge is 2.15. The van der Waals surface area contributed by atoms with E-state index in [9.17, 15) is 0 Å². The van der Waals surface area contributed by atoms with E-state index in [0.717, 1.165) is 0 Å². The monoisotopic (exact) mass is 273 g/mol. The molecule has 0 aliphatic heterocycles. The van der Waals surface area contributed by atoms with Gasteiger partial charge in [0, 0.05) is 14.3 Å². The average molecular weight is 273 g/mol. The number of benzene rings is 1. The van der Waals surface area contributed by atoms with Gasteiger partial charge in [0.05, 0.1) is 6.04 Å². The fourth-order valence-electron chi connectivity index (χ4n) is 2.16. The molecule has 1 N–H and O–H groups in total. The van der Waals surface area contributed by atoms with Gasteiger partial charge in [-0.15, -0.1) is 22.7 Å². The van der Waals surface area contributed by atoms with Crippen molar-refractivity contribution in [1.82, 2.24) is 5.32 Å². The molecule has 1 unspecified atom stereocenters. The maximum absolute atomic E-state index is 3.42. The summed E-state index contributed by atoms with van der Waals surface area (Å²) in [4.78, 5) is 1.39. The molecular weight excluding hydrogens is 258 g/mol. The minimum Gasteiger partial charge on any atom is -0.309 e. The van der Waals surface area contributed by atoms with E-state index in [1.165, 1.54) is 25.4 Å². The number of hydrogen-bond donors (Lipinski definition) is 1. The first-order valence-electron chi connectivity index (χ1n) is 5.98. The lowest BCUT2D eigenvalue weighted by molar-refractivity contribution is 0.704. The maximum Gasteiger partial charge on any atom is 0.0669 e. The molecule has 0 fully saturated rings. The Morgan fingerprint density at radius 2 is 1.83 bits per heavy atom. The standard InChI is InChI=1S/C15H15NS2/c1-10-3-5-11(6-4-10)15(16-2)14-9-13-12(18-14)7-8-17-13/h3-9,15-16H,1-2H3.